The fourth-order valence-electron chi connectivity index (χ4n) is 7.17. The summed E-state index contributed by atoms with van der Waals surface area (Å²) in [7, 11) is -2.59. The highest BCUT2D eigenvalue weighted by Gasteiger charge is 2.52. The molecule has 6 heteroatoms. The van der Waals surface area contributed by atoms with Gasteiger partial charge in [-0.05, 0) is 92.6 Å². The fourth-order valence-corrected chi connectivity index (χ4v) is 13.0. The summed E-state index contributed by atoms with van der Waals surface area (Å²) in [6.07, 6.45) is 4.50. The van der Waals surface area contributed by atoms with E-state index < -0.39 is 8.32 Å². The summed E-state index contributed by atoms with van der Waals surface area (Å²) in [5.41, 5.74) is 4.96. The van der Waals surface area contributed by atoms with Crippen LogP contribution < -0.4 is 15.7 Å². The first-order valence-corrected chi connectivity index (χ1v) is 18.8. The van der Waals surface area contributed by atoms with Crippen molar-refractivity contribution in [3.8, 4) is 0 Å². The molecule has 1 N–H and O–H groups in total. The van der Waals surface area contributed by atoms with Gasteiger partial charge in [0.05, 0.1) is 11.2 Å². The highest BCUT2D eigenvalue weighted by atomic mass is 32.2. The first kappa shape index (κ1) is 30.2. The Morgan fingerprint density at radius 1 is 0.884 bits per heavy atom. The standard InChI is InChI=1S/C37H47N3OSSi/c1-26-34(39-40(36(2,3)4)35(26)38-29-19-21-33-27(24-29)22-23-42-33)28-18-20-30(25-28)41-43(37(5,6)7,31-14-10-8-11-15-31)32-16-12-9-13-17-32/h8-17,19,21,24,28,30,38H,18,20,22-23,25H2,1-7H3. The van der Waals surface area contributed by atoms with Crippen molar-refractivity contribution in [3.05, 3.63) is 95.7 Å². The van der Waals surface area contributed by atoms with Gasteiger partial charge in [0.25, 0.3) is 8.32 Å². The second-order valence-corrected chi connectivity index (χ2v) is 19.8. The van der Waals surface area contributed by atoms with Crippen molar-refractivity contribution in [2.24, 2.45) is 0 Å². The average molecular weight is 610 g/mol. The molecule has 0 bridgehead atoms. The summed E-state index contributed by atoms with van der Waals surface area (Å²) < 4.78 is 9.77. The molecule has 0 radical (unpaired) electrons. The maximum Gasteiger partial charge on any atom is 0.261 e. The molecule has 1 aromatic heterocycles. The molecule has 6 rings (SSSR count). The van der Waals surface area contributed by atoms with Crippen LogP contribution in [0, 0.1) is 6.92 Å². The van der Waals surface area contributed by atoms with E-state index >= 15 is 0 Å². The molecule has 2 heterocycles. The maximum absolute atomic E-state index is 7.56. The summed E-state index contributed by atoms with van der Waals surface area (Å²) in [6.45, 7) is 16.1. The minimum atomic E-state index is -2.59. The van der Waals surface area contributed by atoms with E-state index in [1.807, 2.05) is 11.8 Å². The SMILES string of the molecule is Cc1c(C2CCC(O[Si](c3ccccc3)(c3ccccc3)C(C)(C)C)C2)nn(C(C)(C)C)c1Nc1ccc2c(c1)CCS2. The van der Waals surface area contributed by atoms with Gasteiger partial charge in [0.1, 0.15) is 5.82 Å². The summed E-state index contributed by atoms with van der Waals surface area (Å²) in [6, 6.07) is 28.9. The fraction of sp³-hybridized carbons (Fsp3) is 0.432. The van der Waals surface area contributed by atoms with Crippen molar-refractivity contribution >= 4 is 42.0 Å². The van der Waals surface area contributed by atoms with Crippen molar-refractivity contribution < 1.29 is 4.43 Å². The van der Waals surface area contributed by atoms with Crippen molar-refractivity contribution in [2.75, 3.05) is 11.1 Å². The lowest BCUT2D eigenvalue weighted by Crippen LogP contribution is -2.67. The lowest BCUT2D eigenvalue weighted by molar-refractivity contribution is 0.193. The molecular formula is C37H47N3OSSi. The molecule has 226 valence electrons. The lowest BCUT2D eigenvalue weighted by atomic mass is 10.0. The van der Waals surface area contributed by atoms with Crippen LogP contribution in [0.4, 0.5) is 11.5 Å². The second-order valence-electron chi connectivity index (χ2n) is 14.4. The number of nitrogens with zero attached hydrogens (tertiary/aromatic N) is 2. The highest BCUT2D eigenvalue weighted by Crippen LogP contribution is 2.44. The van der Waals surface area contributed by atoms with E-state index in [2.05, 4.69) is 137 Å². The Balaban J connectivity index is 1.32. The van der Waals surface area contributed by atoms with Crippen LogP contribution in [0.3, 0.4) is 0 Å². The smallest absolute Gasteiger partial charge is 0.261 e. The molecule has 1 aliphatic carbocycles. The number of aryl methyl sites for hydroxylation is 1. The van der Waals surface area contributed by atoms with Crippen LogP contribution >= 0.6 is 11.8 Å². The third kappa shape index (κ3) is 5.74. The van der Waals surface area contributed by atoms with Crippen LogP contribution in [-0.2, 0) is 16.4 Å². The number of rotatable bonds is 7. The van der Waals surface area contributed by atoms with Crippen molar-refractivity contribution in [1.29, 1.82) is 0 Å². The molecule has 1 aliphatic heterocycles. The van der Waals surface area contributed by atoms with Crippen LogP contribution in [-0.4, -0.2) is 30.0 Å². The zero-order valence-electron chi connectivity index (χ0n) is 26.9. The Morgan fingerprint density at radius 3 is 2.14 bits per heavy atom. The zero-order chi connectivity index (χ0) is 30.4. The van der Waals surface area contributed by atoms with E-state index in [0.29, 0.717) is 5.92 Å². The van der Waals surface area contributed by atoms with Gasteiger partial charge in [0.15, 0.2) is 0 Å². The van der Waals surface area contributed by atoms with Crippen LogP contribution in [0.1, 0.15) is 83.5 Å². The molecule has 2 aliphatic rings. The van der Waals surface area contributed by atoms with Gasteiger partial charge < -0.3 is 9.74 Å². The number of nitrogens with one attached hydrogen (secondary N) is 1. The van der Waals surface area contributed by atoms with Gasteiger partial charge in [-0.1, -0.05) is 81.4 Å². The van der Waals surface area contributed by atoms with E-state index in [4.69, 9.17) is 9.52 Å². The summed E-state index contributed by atoms with van der Waals surface area (Å²) in [5.74, 6) is 2.67. The number of benzene rings is 3. The third-order valence-electron chi connectivity index (χ3n) is 9.28. The van der Waals surface area contributed by atoms with Gasteiger partial charge >= 0.3 is 0 Å². The van der Waals surface area contributed by atoms with Crippen LogP contribution in [0.2, 0.25) is 5.04 Å². The molecule has 1 saturated carbocycles. The number of aromatic nitrogens is 2. The van der Waals surface area contributed by atoms with E-state index in [-0.39, 0.29) is 16.7 Å². The Bertz CT molecular complexity index is 1530. The number of hydrogen-bond donors (Lipinski definition) is 1. The second kappa shape index (κ2) is 11.6. The predicted molar refractivity (Wildman–Crippen MR) is 185 cm³/mol. The molecule has 0 amide bonds. The zero-order valence-corrected chi connectivity index (χ0v) is 28.7. The van der Waals surface area contributed by atoms with Gasteiger partial charge in [0.2, 0.25) is 0 Å². The third-order valence-corrected chi connectivity index (χ3v) is 15.5. The lowest BCUT2D eigenvalue weighted by Gasteiger charge is -2.44. The van der Waals surface area contributed by atoms with Crippen LogP contribution in [0.15, 0.2) is 83.8 Å². The van der Waals surface area contributed by atoms with Crippen molar-refractivity contribution in [1.82, 2.24) is 9.78 Å². The Morgan fingerprint density at radius 2 is 1.53 bits per heavy atom. The number of thioether (sulfide) groups is 1. The molecule has 4 nitrogen and oxygen atoms in total. The largest absolute Gasteiger partial charge is 0.404 e. The summed E-state index contributed by atoms with van der Waals surface area (Å²) >= 11 is 1.96. The predicted octanol–water partition coefficient (Wildman–Crippen LogP) is 8.55. The monoisotopic (exact) mass is 609 g/mol. The van der Waals surface area contributed by atoms with Gasteiger partial charge in [-0.15, -0.1) is 11.8 Å². The molecule has 1 fully saturated rings. The number of fused-ring (bicyclic) bond motifs is 1. The maximum atomic E-state index is 7.56. The Hall–Kier alpha value is -2.80. The highest BCUT2D eigenvalue weighted by molar-refractivity contribution is 7.99. The summed E-state index contributed by atoms with van der Waals surface area (Å²) in [4.78, 5) is 1.42. The van der Waals surface area contributed by atoms with E-state index in [0.717, 1.165) is 37.2 Å². The van der Waals surface area contributed by atoms with Gasteiger partial charge in [0, 0.05) is 33.9 Å². The molecule has 43 heavy (non-hydrogen) atoms. The molecular weight excluding hydrogens is 563 g/mol. The molecule has 3 aromatic carbocycles. The van der Waals surface area contributed by atoms with E-state index in [1.54, 1.807) is 0 Å². The Kier molecular flexibility index (Phi) is 8.16. The average Bonchev–Trinajstić information content (AvgIpc) is 3.71. The Labute approximate surface area is 263 Å². The van der Waals surface area contributed by atoms with Crippen LogP contribution in [0.5, 0.6) is 0 Å². The quantitative estimate of drug-likeness (QED) is 0.213. The van der Waals surface area contributed by atoms with Crippen molar-refractivity contribution in [2.45, 2.75) is 102 Å². The van der Waals surface area contributed by atoms with Crippen LogP contribution in [0.25, 0.3) is 0 Å². The van der Waals surface area contributed by atoms with Gasteiger partial charge in [-0.2, -0.15) is 5.10 Å². The summed E-state index contributed by atoms with van der Waals surface area (Å²) in [5, 5.41) is 11.8. The molecule has 2 unspecified atom stereocenters. The van der Waals surface area contributed by atoms with Crippen molar-refractivity contribution in [3.63, 3.8) is 0 Å². The van der Waals surface area contributed by atoms with Gasteiger partial charge in [-0.3, -0.25) is 0 Å². The molecule has 0 saturated heterocycles. The number of hydrogen-bond acceptors (Lipinski definition) is 4. The normalized spacial score (nSPS) is 19.0. The van der Waals surface area contributed by atoms with E-state index in [9.17, 15) is 0 Å². The molecule has 0 spiro atoms. The molecule has 4 aromatic rings. The molecule has 2 atom stereocenters. The topological polar surface area (TPSA) is 39.1 Å². The van der Waals surface area contributed by atoms with Gasteiger partial charge in [-0.25, -0.2) is 4.68 Å². The minimum absolute atomic E-state index is 0.0248. The minimum Gasteiger partial charge on any atom is -0.404 e. The van der Waals surface area contributed by atoms with E-state index in [1.165, 1.54) is 37.8 Å². The number of anilines is 2. The first-order valence-electron chi connectivity index (χ1n) is 15.9. The first-order chi connectivity index (χ1) is 20.5.